The summed E-state index contributed by atoms with van der Waals surface area (Å²) in [6.07, 6.45) is 8.12. The minimum Gasteiger partial charge on any atom is -0.493 e. The second-order valence-electron chi connectivity index (χ2n) is 10.6. The molecule has 5 aliphatic rings. The fourth-order valence-electron chi connectivity index (χ4n) is 7.19. The fraction of sp³-hybridized carbons (Fsp3) is 0.692. The van der Waals surface area contributed by atoms with Gasteiger partial charge in [0.2, 0.25) is 5.91 Å². The number of nitrogens with zero attached hydrogens (tertiary/aromatic N) is 2. The minimum absolute atomic E-state index is 0.0841. The number of hydrogen-bond acceptors (Lipinski definition) is 4. The lowest BCUT2D eigenvalue weighted by Gasteiger charge is -2.57. The number of methoxy groups -OCH3 is 1. The van der Waals surface area contributed by atoms with E-state index in [4.69, 9.17) is 21.1 Å². The highest BCUT2D eigenvalue weighted by molar-refractivity contribution is 6.32. The van der Waals surface area contributed by atoms with Crippen molar-refractivity contribution >= 4 is 23.4 Å². The highest BCUT2D eigenvalue weighted by Crippen LogP contribution is 2.60. The quantitative estimate of drug-likeness (QED) is 0.602. The van der Waals surface area contributed by atoms with E-state index in [0.717, 1.165) is 43.4 Å². The predicted octanol–water partition coefficient (Wildman–Crippen LogP) is 4.64. The average Bonchev–Trinajstić information content (AvgIpc) is 2.81. The number of piperazine rings is 1. The van der Waals surface area contributed by atoms with Gasteiger partial charge in [0, 0.05) is 31.7 Å². The minimum atomic E-state index is -0.115. The molecular weight excluding hydrogens is 440 g/mol. The Morgan fingerprint density at radius 2 is 1.58 bits per heavy atom. The maximum absolute atomic E-state index is 13.6. The van der Waals surface area contributed by atoms with E-state index in [0.29, 0.717) is 60.8 Å². The molecule has 0 unspecified atom stereocenters. The number of rotatable bonds is 6. The standard InChI is InChI=1S/C26H35ClN2O4/c1-3-8-33-23-21(27)12-20(13-22(23)32-2)24(30)28-4-6-29(7-5-28)25(31)26-14-17-9-18(15-26)11-19(10-17)16-26/h12-13,17-19H,3-11,14-16H2,1-2H3. The topological polar surface area (TPSA) is 59.1 Å². The Kier molecular flexibility index (Phi) is 6.23. The van der Waals surface area contributed by atoms with Crippen LogP contribution in [-0.2, 0) is 4.79 Å². The zero-order chi connectivity index (χ0) is 23.2. The number of carbonyl (C=O) groups is 2. The van der Waals surface area contributed by atoms with Crippen LogP contribution in [-0.4, -0.2) is 61.5 Å². The molecule has 33 heavy (non-hydrogen) atoms. The van der Waals surface area contributed by atoms with Gasteiger partial charge in [0.1, 0.15) is 0 Å². The molecule has 2 amide bonds. The summed E-state index contributed by atoms with van der Waals surface area (Å²) >= 11 is 6.42. The van der Waals surface area contributed by atoms with Crippen LogP contribution in [0.2, 0.25) is 5.02 Å². The van der Waals surface area contributed by atoms with E-state index in [1.165, 1.54) is 19.3 Å². The Balaban J connectivity index is 1.24. The number of amides is 2. The Morgan fingerprint density at radius 3 is 2.12 bits per heavy atom. The van der Waals surface area contributed by atoms with Crippen molar-refractivity contribution < 1.29 is 19.1 Å². The van der Waals surface area contributed by atoms with E-state index in [2.05, 4.69) is 0 Å². The normalized spacial score (nSPS) is 30.5. The van der Waals surface area contributed by atoms with Crippen LogP contribution in [0.1, 0.15) is 62.2 Å². The first kappa shape index (κ1) is 22.8. The molecule has 0 radical (unpaired) electrons. The Hall–Kier alpha value is -1.95. The Labute approximate surface area is 201 Å². The summed E-state index contributed by atoms with van der Waals surface area (Å²) in [4.78, 5) is 30.7. The summed E-state index contributed by atoms with van der Waals surface area (Å²) < 4.78 is 11.1. The Bertz CT molecular complexity index is 890. The van der Waals surface area contributed by atoms with Gasteiger partial charge in [-0.2, -0.15) is 0 Å². The number of hydrogen-bond donors (Lipinski definition) is 0. The van der Waals surface area contributed by atoms with Crippen molar-refractivity contribution in [1.82, 2.24) is 9.80 Å². The first-order valence-corrected chi connectivity index (χ1v) is 12.9. The van der Waals surface area contributed by atoms with Crippen molar-refractivity contribution in [3.63, 3.8) is 0 Å². The van der Waals surface area contributed by atoms with Gasteiger partial charge in [-0.05, 0) is 74.8 Å². The van der Waals surface area contributed by atoms with Crippen LogP contribution in [0.25, 0.3) is 0 Å². The third-order valence-corrected chi connectivity index (χ3v) is 8.55. The summed E-state index contributed by atoms with van der Waals surface area (Å²) in [7, 11) is 1.55. The summed E-state index contributed by atoms with van der Waals surface area (Å²) in [5.41, 5.74) is 0.373. The van der Waals surface area contributed by atoms with Crippen LogP contribution in [0.5, 0.6) is 11.5 Å². The molecule has 0 aromatic heterocycles. The van der Waals surface area contributed by atoms with Crippen molar-refractivity contribution in [3.8, 4) is 11.5 Å². The molecule has 180 valence electrons. The van der Waals surface area contributed by atoms with Gasteiger partial charge < -0.3 is 19.3 Å². The molecule has 4 aliphatic carbocycles. The molecule has 1 heterocycles. The van der Waals surface area contributed by atoms with Gasteiger partial charge in [0.25, 0.3) is 5.91 Å². The van der Waals surface area contributed by atoms with Gasteiger partial charge in [-0.15, -0.1) is 0 Å². The second kappa shape index (κ2) is 9.01. The molecule has 4 saturated carbocycles. The van der Waals surface area contributed by atoms with Gasteiger partial charge in [-0.25, -0.2) is 0 Å². The molecule has 1 aromatic rings. The molecule has 1 saturated heterocycles. The summed E-state index contributed by atoms with van der Waals surface area (Å²) in [5, 5.41) is 0.377. The highest BCUT2D eigenvalue weighted by atomic mass is 35.5. The van der Waals surface area contributed by atoms with Crippen molar-refractivity contribution in [3.05, 3.63) is 22.7 Å². The van der Waals surface area contributed by atoms with Crippen molar-refractivity contribution in [2.75, 3.05) is 39.9 Å². The Morgan fingerprint density at radius 1 is 1.00 bits per heavy atom. The zero-order valence-electron chi connectivity index (χ0n) is 19.8. The van der Waals surface area contributed by atoms with E-state index in [1.807, 2.05) is 16.7 Å². The van der Waals surface area contributed by atoms with Gasteiger partial charge in [0.05, 0.1) is 24.2 Å². The molecule has 6 rings (SSSR count). The van der Waals surface area contributed by atoms with E-state index in [9.17, 15) is 9.59 Å². The van der Waals surface area contributed by atoms with Crippen LogP contribution in [0, 0.1) is 23.2 Å². The SMILES string of the molecule is CCCOc1c(Cl)cc(C(=O)N2CCN(C(=O)C34CC5CC(CC(C5)C3)C4)CC2)cc1OC. The highest BCUT2D eigenvalue weighted by Gasteiger charge is 2.55. The molecule has 1 aliphatic heterocycles. The summed E-state index contributed by atoms with van der Waals surface area (Å²) in [6.45, 7) is 4.86. The van der Waals surface area contributed by atoms with E-state index >= 15 is 0 Å². The van der Waals surface area contributed by atoms with E-state index in [1.54, 1.807) is 19.2 Å². The lowest BCUT2D eigenvalue weighted by Crippen LogP contribution is -2.58. The largest absolute Gasteiger partial charge is 0.493 e. The van der Waals surface area contributed by atoms with Gasteiger partial charge >= 0.3 is 0 Å². The molecule has 5 fully saturated rings. The third kappa shape index (κ3) is 4.20. The summed E-state index contributed by atoms with van der Waals surface area (Å²) in [6, 6.07) is 3.36. The number of ether oxygens (including phenoxy) is 2. The lowest BCUT2D eigenvalue weighted by atomic mass is 9.49. The zero-order valence-corrected chi connectivity index (χ0v) is 20.5. The van der Waals surface area contributed by atoms with Gasteiger partial charge in [0.15, 0.2) is 11.5 Å². The smallest absolute Gasteiger partial charge is 0.254 e. The first-order valence-electron chi connectivity index (χ1n) is 12.5. The van der Waals surface area contributed by atoms with E-state index in [-0.39, 0.29) is 11.3 Å². The van der Waals surface area contributed by atoms with Crippen LogP contribution >= 0.6 is 11.6 Å². The second-order valence-corrected chi connectivity index (χ2v) is 11.0. The molecule has 4 bridgehead atoms. The average molecular weight is 475 g/mol. The van der Waals surface area contributed by atoms with Crippen LogP contribution in [0.15, 0.2) is 12.1 Å². The number of benzene rings is 1. The lowest BCUT2D eigenvalue weighted by molar-refractivity contribution is -0.159. The first-order chi connectivity index (χ1) is 15.9. The molecular formula is C26H35ClN2O4. The fourth-order valence-corrected chi connectivity index (χ4v) is 7.46. The molecule has 0 N–H and O–H groups in total. The van der Waals surface area contributed by atoms with Crippen molar-refractivity contribution in [2.24, 2.45) is 23.2 Å². The van der Waals surface area contributed by atoms with Crippen LogP contribution in [0.4, 0.5) is 0 Å². The number of carbonyl (C=O) groups excluding carboxylic acids is 2. The molecule has 7 heteroatoms. The summed E-state index contributed by atoms with van der Waals surface area (Å²) in [5.74, 6) is 3.49. The van der Waals surface area contributed by atoms with Crippen LogP contribution in [0.3, 0.4) is 0 Å². The maximum Gasteiger partial charge on any atom is 0.254 e. The maximum atomic E-state index is 13.6. The number of halogens is 1. The van der Waals surface area contributed by atoms with E-state index < -0.39 is 0 Å². The molecule has 0 atom stereocenters. The van der Waals surface area contributed by atoms with Crippen molar-refractivity contribution in [1.29, 1.82) is 0 Å². The van der Waals surface area contributed by atoms with Gasteiger partial charge in [-0.1, -0.05) is 18.5 Å². The monoisotopic (exact) mass is 474 g/mol. The van der Waals surface area contributed by atoms with Crippen LogP contribution < -0.4 is 9.47 Å². The molecule has 6 nitrogen and oxygen atoms in total. The third-order valence-electron chi connectivity index (χ3n) is 8.27. The van der Waals surface area contributed by atoms with Crippen molar-refractivity contribution in [2.45, 2.75) is 51.9 Å². The molecule has 1 aromatic carbocycles. The predicted molar refractivity (Wildman–Crippen MR) is 127 cm³/mol. The van der Waals surface area contributed by atoms with Gasteiger partial charge in [-0.3, -0.25) is 9.59 Å². The molecule has 0 spiro atoms.